The second-order valence-corrected chi connectivity index (χ2v) is 6.92. The first-order valence-electron chi connectivity index (χ1n) is 8.02. The number of hydrogen-bond acceptors (Lipinski definition) is 2. The SMILES string of the molecule is CCC1(CC)CCN(C(=O)C2(C)CCCC2N)CC1. The van der Waals surface area contributed by atoms with E-state index in [1.165, 1.54) is 12.8 Å². The van der Waals surface area contributed by atoms with Gasteiger partial charge in [0.1, 0.15) is 0 Å². The van der Waals surface area contributed by atoms with Crippen LogP contribution in [0.4, 0.5) is 0 Å². The number of nitrogens with zero attached hydrogens (tertiary/aromatic N) is 1. The lowest BCUT2D eigenvalue weighted by Crippen LogP contribution is -2.52. The third kappa shape index (κ3) is 2.54. The number of piperidine rings is 1. The predicted molar refractivity (Wildman–Crippen MR) is 78.8 cm³/mol. The minimum Gasteiger partial charge on any atom is -0.342 e. The van der Waals surface area contributed by atoms with E-state index >= 15 is 0 Å². The molecule has 3 nitrogen and oxygen atoms in total. The Balaban J connectivity index is 2.00. The first-order valence-corrected chi connectivity index (χ1v) is 8.02. The fourth-order valence-corrected chi connectivity index (χ4v) is 3.96. The Bertz CT molecular complexity index is 328. The molecule has 1 amide bonds. The molecular weight excluding hydrogens is 236 g/mol. The topological polar surface area (TPSA) is 46.3 Å². The molecular formula is C16H30N2O. The highest BCUT2D eigenvalue weighted by molar-refractivity contribution is 5.83. The summed E-state index contributed by atoms with van der Waals surface area (Å²) in [4.78, 5) is 14.9. The van der Waals surface area contributed by atoms with Crippen LogP contribution in [-0.4, -0.2) is 29.9 Å². The summed E-state index contributed by atoms with van der Waals surface area (Å²) < 4.78 is 0. The van der Waals surface area contributed by atoms with Gasteiger partial charge in [0, 0.05) is 19.1 Å². The van der Waals surface area contributed by atoms with E-state index in [0.29, 0.717) is 11.3 Å². The first kappa shape index (κ1) is 14.8. The van der Waals surface area contributed by atoms with E-state index < -0.39 is 0 Å². The van der Waals surface area contributed by atoms with Gasteiger partial charge in [-0.25, -0.2) is 0 Å². The maximum Gasteiger partial charge on any atom is 0.230 e. The molecule has 0 spiro atoms. The largest absolute Gasteiger partial charge is 0.342 e. The Labute approximate surface area is 117 Å². The van der Waals surface area contributed by atoms with Crippen molar-refractivity contribution in [3.05, 3.63) is 0 Å². The minimum absolute atomic E-state index is 0.0593. The molecule has 0 aromatic rings. The maximum atomic E-state index is 12.8. The van der Waals surface area contributed by atoms with E-state index in [-0.39, 0.29) is 11.5 Å². The molecule has 0 aromatic carbocycles. The molecule has 1 saturated heterocycles. The number of carbonyl (C=O) groups is 1. The van der Waals surface area contributed by atoms with Gasteiger partial charge in [-0.15, -0.1) is 0 Å². The molecule has 2 unspecified atom stereocenters. The molecule has 2 N–H and O–H groups in total. The van der Waals surface area contributed by atoms with Crippen molar-refractivity contribution in [3.63, 3.8) is 0 Å². The highest BCUT2D eigenvalue weighted by atomic mass is 16.2. The molecule has 2 fully saturated rings. The van der Waals surface area contributed by atoms with Crippen LogP contribution in [0.3, 0.4) is 0 Å². The average molecular weight is 266 g/mol. The van der Waals surface area contributed by atoms with Crippen molar-refractivity contribution in [2.24, 2.45) is 16.6 Å². The molecule has 2 atom stereocenters. The minimum atomic E-state index is -0.293. The fourth-order valence-electron chi connectivity index (χ4n) is 3.96. The summed E-state index contributed by atoms with van der Waals surface area (Å²) in [5.74, 6) is 0.318. The quantitative estimate of drug-likeness (QED) is 0.853. The van der Waals surface area contributed by atoms with Gasteiger partial charge >= 0.3 is 0 Å². The smallest absolute Gasteiger partial charge is 0.230 e. The molecule has 0 bridgehead atoms. The van der Waals surface area contributed by atoms with Crippen LogP contribution in [0, 0.1) is 10.8 Å². The third-order valence-electron chi connectivity index (χ3n) is 6.13. The Morgan fingerprint density at radius 3 is 2.21 bits per heavy atom. The van der Waals surface area contributed by atoms with Crippen molar-refractivity contribution in [3.8, 4) is 0 Å². The van der Waals surface area contributed by atoms with E-state index in [2.05, 4.69) is 25.7 Å². The van der Waals surface area contributed by atoms with Crippen LogP contribution < -0.4 is 5.73 Å². The van der Waals surface area contributed by atoms with Crippen LogP contribution in [0.5, 0.6) is 0 Å². The number of carbonyl (C=O) groups excluding carboxylic acids is 1. The molecule has 0 aromatic heterocycles. The molecule has 1 aliphatic heterocycles. The molecule has 2 rings (SSSR count). The molecule has 1 saturated carbocycles. The summed E-state index contributed by atoms with van der Waals surface area (Å²) in [5.41, 5.74) is 6.37. The van der Waals surface area contributed by atoms with E-state index in [1.807, 2.05) is 0 Å². The zero-order valence-corrected chi connectivity index (χ0v) is 12.9. The predicted octanol–water partition coefficient (Wildman–Crippen LogP) is 2.93. The number of rotatable bonds is 3. The summed E-state index contributed by atoms with van der Waals surface area (Å²) in [6, 6.07) is 0.0593. The van der Waals surface area contributed by atoms with Crippen molar-refractivity contribution < 1.29 is 4.79 Å². The van der Waals surface area contributed by atoms with E-state index in [4.69, 9.17) is 5.73 Å². The standard InChI is InChI=1S/C16H30N2O/c1-4-16(5-2)9-11-18(12-10-16)14(19)15(3)8-6-7-13(15)17/h13H,4-12,17H2,1-3H3. The molecule has 2 aliphatic rings. The first-order chi connectivity index (χ1) is 8.97. The lowest BCUT2D eigenvalue weighted by atomic mass is 9.73. The average Bonchev–Trinajstić information content (AvgIpc) is 2.79. The zero-order valence-electron chi connectivity index (χ0n) is 12.9. The van der Waals surface area contributed by atoms with Crippen LogP contribution in [0.15, 0.2) is 0 Å². The Morgan fingerprint density at radius 2 is 1.79 bits per heavy atom. The van der Waals surface area contributed by atoms with Crippen molar-refractivity contribution >= 4 is 5.91 Å². The summed E-state index contributed by atoms with van der Waals surface area (Å²) in [7, 11) is 0. The van der Waals surface area contributed by atoms with Crippen molar-refractivity contribution in [1.82, 2.24) is 4.90 Å². The molecule has 1 aliphatic carbocycles. The third-order valence-corrected chi connectivity index (χ3v) is 6.13. The van der Waals surface area contributed by atoms with Crippen molar-refractivity contribution in [2.45, 2.75) is 71.8 Å². The highest BCUT2D eigenvalue weighted by Gasteiger charge is 2.46. The normalized spacial score (nSPS) is 34.5. The van der Waals surface area contributed by atoms with Crippen LogP contribution in [0.25, 0.3) is 0 Å². The lowest BCUT2D eigenvalue weighted by molar-refractivity contribution is -0.144. The Morgan fingerprint density at radius 1 is 1.21 bits per heavy atom. The molecule has 0 radical (unpaired) electrons. The summed E-state index contributed by atoms with van der Waals surface area (Å²) >= 11 is 0. The van der Waals surface area contributed by atoms with Gasteiger partial charge in [-0.2, -0.15) is 0 Å². The van der Waals surface area contributed by atoms with Crippen LogP contribution in [0.1, 0.15) is 65.7 Å². The second kappa shape index (κ2) is 5.43. The highest BCUT2D eigenvalue weighted by Crippen LogP contribution is 2.42. The monoisotopic (exact) mass is 266 g/mol. The van der Waals surface area contributed by atoms with Gasteiger partial charge in [0.05, 0.1) is 5.41 Å². The van der Waals surface area contributed by atoms with Gasteiger partial charge in [-0.1, -0.05) is 33.1 Å². The van der Waals surface area contributed by atoms with Crippen molar-refractivity contribution in [2.75, 3.05) is 13.1 Å². The van der Waals surface area contributed by atoms with Gasteiger partial charge in [-0.05, 0) is 38.0 Å². The van der Waals surface area contributed by atoms with Gasteiger partial charge in [0.15, 0.2) is 0 Å². The number of likely N-dealkylation sites (tertiary alicyclic amines) is 1. The number of nitrogens with two attached hydrogens (primary N) is 1. The summed E-state index contributed by atoms with van der Waals surface area (Å²) in [6.45, 7) is 8.52. The maximum absolute atomic E-state index is 12.8. The number of hydrogen-bond donors (Lipinski definition) is 1. The van der Waals surface area contributed by atoms with Crippen LogP contribution >= 0.6 is 0 Å². The molecule has 3 heteroatoms. The van der Waals surface area contributed by atoms with Crippen molar-refractivity contribution in [1.29, 1.82) is 0 Å². The lowest BCUT2D eigenvalue weighted by Gasteiger charge is -2.44. The number of amides is 1. The molecule has 110 valence electrons. The Hall–Kier alpha value is -0.570. The summed E-state index contributed by atoms with van der Waals surface area (Å²) in [5, 5.41) is 0. The van der Waals surface area contributed by atoms with Gasteiger partial charge in [0.2, 0.25) is 5.91 Å². The van der Waals surface area contributed by atoms with Crippen LogP contribution in [0.2, 0.25) is 0 Å². The summed E-state index contributed by atoms with van der Waals surface area (Å²) in [6.07, 6.45) is 7.88. The van der Waals surface area contributed by atoms with E-state index in [1.54, 1.807) is 0 Å². The fraction of sp³-hybridized carbons (Fsp3) is 0.938. The van der Waals surface area contributed by atoms with Gasteiger partial charge < -0.3 is 10.6 Å². The van der Waals surface area contributed by atoms with E-state index in [9.17, 15) is 4.79 Å². The molecule has 1 heterocycles. The van der Waals surface area contributed by atoms with Crippen LogP contribution in [-0.2, 0) is 4.79 Å². The molecule has 19 heavy (non-hydrogen) atoms. The Kier molecular flexibility index (Phi) is 4.24. The van der Waals surface area contributed by atoms with Gasteiger partial charge in [-0.3, -0.25) is 4.79 Å². The zero-order chi connectivity index (χ0) is 14.1. The second-order valence-electron chi connectivity index (χ2n) is 6.92. The van der Waals surface area contributed by atoms with E-state index in [0.717, 1.165) is 45.2 Å². The van der Waals surface area contributed by atoms with Gasteiger partial charge in [0.25, 0.3) is 0 Å².